The second-order valence-corrected chi connectivity index (χ2v) is 5.85. The number of carbonyl (C=O) groups is 1. The lowest BCUT2D eigenvalue weighted by molar-refractivity contribution is 0.0895. The van der Waals surface area contributed by atoms with Gasteiger partial charge >= 0.3 is 7.60 Å². The van der Waals surface area contributed by atoms with Gasteiger partial charge in [0, 0.05) is 5.56 Å². The van der Waals surface area contributed by atoms with Crippen LogP contribution >= 0.6 is 7.60 Å². The topological polar surface area (TPSA) is 61.8 Å². The molecule has 0 aliphatic rings. The minimum Gasteiger partial charge on any atom is -0.497 e. The molecule has 1 unspecified atom stereocenters. The van der Waals surface area contributed by atoms with E-state index in [2.05, 4.69) is 0 Å². The first kappa shape index (κ1) is 16.8. The zero-order valence-corrected chi connectivity index (χ0v) is 12.6. The number of methoxy groups -OCH3 is 1. The van der Waals surface area contributed by atoms with Crippen LogP contribution < -0.4 is 4.74 Å². The molecule has 0 aliphatic carbocycles. The van der Waals surface area contributed by atoms with Crippen molar-refractivity contribution >= 4 is 13.4 Å². The molecule has 0 fully saturated rings. The van der Waals surface area contributed by atoms with Crippen molar-refractivity contribution in [2.75, 3.05) is 20.3 Å². The molecule has 112 valence electrons. The fraction of sp³-hybridized carbons (Fsp3) is 0.462. The summed E-state index contributed by atoms with van der Waals surface area (Å²) in [6.07, 6.45) is 0. The SMILES string of the molecule is CCOP(=O)(OCC)C(F)C(=O)c1ccc(OC)cc1. The van der Waals surface area contributed by atoms with Crippen molar-refractivity contribution in [3.8, 4) is 5.75 Å². The smallest absolute Gasteiger partial charge is 0.372 e. The van der Waals surface area contributed by atoms with Gasteiger partial charge in [-0.3, -0.25) is 9.36 Å². The molecule has 0 saturated heterocycles. The van der Waals surface area contributed by atoms with Crippen LogP contribution in [-0.2, 0) is 13.6 Å². The molecular formula is C13H18FO5P. The van der Waals surface area contributed by atoms with Crippen LogP contribution in [0.5, 0.6) is 5.75 Å². The van der Waals surface area contributed by atoms with Gasteiger partial charge in [-0.05, 0) is 38.1 Å². The number of carbonyl (C=O) groups excluding carboxylic acids is 1. The summed E-state index contributed by atoms with van der Waals surface area (Å²) in [6, 6.07) is 5.84. The molecule has 1 rings (SSSR count). The van der Waals surface area contributed by atoms with Crippen molar-refractivity contribution in [1.29, 1.82) is 0 Å². The van der Waals surface area contributed by atoms with E-state index in [4.69, 9.17) is 13.8 Å². The van der Waals surface area contributed by atoms with Gasteiger partial charge in [0.15, 0.2) is 0 Å². The van der Waals surface area contributed by atoms with Crippen molar-refractivity contribution in [2.45, 2.75) is 19.8 Å². The van der Waals surface area contributed by atoms with Crippen molar-refractivity contribution in [3.05, 3.63) is 29.8 Å². The number of hydrogen-bond donors (Lipinski definition) is 0. The minimum absolute atomic E-state index is 0.00636. The predicted molar refractivity (Wildman–Crippen MR) is 73.1 cm³/mol. The van der Waals surface area contributed by atoms with Gasteiger partial charge in [0.25, 0.3) is 5.91 Å². The highest BCUT2D eigenvalue weighted by atomic mass is 31.2. The Labute approximate surface area is 117 Å². The summed E-state index contributed by atoms with van der Waals surface area (Å²) in [5.74, 6) is -2.73. The normalized spacial score (nSPS) is 13.0. The Morgan fingerprint density at radius 3 is 2.10 bits per heavy atom. The second-order valence-electron chi connectivity index (χ2n) is 3.80. The highest BCUT2D eigenvalue weighted by Crippen LogP contribution is 2.54. The largest absolute Gasteiger partial charge is 0.497 e. The van der Waals surface area contributed by atoms with Gasteiger partial charge < -0.3 is 13.8 Å². The van der Waals surface area contributed by atoms with Gasteiger partial charge in [-0.2, -0.15) is 0 Å². The quantitative estimate of drug-likeness (QED) is 0.544. The number of rotatable bonds is 8. The van der Waals surface area contributed by atoms with Gasteiger partial charge in [0.05, 0.1) is 20.3 Å². The molecule has 1 atom stereocenters. The van der Waals surface area contributed by atoms with Crippen LogP contribution in [0.4, 0.5) is 4.39 Å². The molecule has 0 amide bonds. The highest BCUT2D eigenvalue weighted by molar-refractivity contribution is 7.55. The van der Waals surface area contributed by atoms with E-state index in [1.807, 2.05) is 0 Å². The zero-order valence-electron chi connectivity index (χ0n) is 11.7. The molecular weight excluding hydrogens is 286 g/mol. The molecule has 0 radical (unpaired) electrons. The van der Waals surface area contributed by atoms with Crippen molar-refractivity contribution in [1.82, 2.24) is 0 Å². The van der Waals surface area contributed by atoms with Crippen molar-refractivity contribution in [2.24, 2.45) is 0 Å². The van der Waals surface area contributed by atoms with Crippen LogP contribution in [0.1, 0.15) is 24.2 Å². The van der Waals surface area contributed by atoms with E-state index in [1.165, 1.54) is 31.4 Å². The molecule has 1 aromatic carbocycles. The Kier molecular flexibility index (Phi) is 6.33. The lowest BCUT2D eigenvalue weighted by Gasteiger charge is -2.19. The molecule has 0 aliphatic heterocycles. The van der Waals surface area contributed by atoms with E-state index < -0.39 is 19.3 Å². The molecule has 0 N–H and O–H groups in total. The summed E-state index contributed by atoms with van der Waals surface area (Å²) in [7, 11) is -2.62. The molecule has 7 heteroatoms. The van der Waals surface area contributed by atoms with E-state index in [0.29, 0.717) is 5.75 Å². The number of benzene rings is 1. The van der Waals surface area contributed by atoms with Crippen LogP contribution in [0.3, 0.4) is 0 Å². The van der Waals surface area contributed by atoms with Crippen LogP contribution in [0.25, 0.3) is 0 Å². The second kappa shape index (κ2) is 7.53. The Morgan fingerprint density at radius 2 is 1.70 bits per heavy atom. The van der Waals surface area contributed by atoms with Crippen LogP contribution in [0.2, 0.25) is 0 Å². The Morgan fingerprint density at radius 1 is 1.20 bits per heavy atom. The summed E-state index contributed by atoms with van der Waals surface area (Å²) in [5, 5.41) is 0. The van der Waals surface area contributed by atoms with E-state index in [9.17, 15) is 13.8 Å². The number of ether oxygens (including phenoxy) is 1. The van der Waals surface area contributed by atoms with Crippen LogP contribution in [0.15, 0.2) is 24.3 Å². The third-order valence-corrected chi connectivity index (χ3v) is 4.51. The maximum absolute atomic E-state index is 14.2. The zero-order chi connectivity index (χ0) is 15.2. The lowest BCUT2D eigenvalue weighted by atomic mass is 10.1. The fourth-order valence-electron chi connectivity index (χ4n) is 1.56. The standard InChI is InChI=1S/C13H18FO5P/c1-4-18-20(16,19-5-2)13(14)12(15)10-6-8-11(17-3)9-7-10/h6-9,13H,4-5H2,1-3H3. The van der Waals surface area contributed by atoms with Gasteiger partial charge in [-0.1, -0.05) is 0 Å². The summed E-state index contributed by atoms with van der Waals surface area (Å²) >= 11 is 0. The third kappa shape index (κ3) is 3.88. The van der Waals surface area contributed by atoms with Crippen molar-refractivity contribution < 1.29 is 27.5 Å². The minimum atomic E-state index is -4.10. The number of halogens is 1. The molecule has 0 aromatic heterocycles. The monoisotopic (exact) mass is 304 g/mol. The van der Waals surface area contributed by atoms with Crippen LogP contribution in [-0.4, -0.2) is 32.0 Å². The van der Waals surface area contributed by atoms with E-state index >= 15 is 0 Å². The maximum atomic E-state index is 14.2. The summed E-state index contributed by atoms with van der Waals surface area (Å²) < 4.78 is 41.0. The van der Waals surface area contributed by atoms with Gasteiger partial charge in [0.1, 0.15) is 5.75 Å². The average molecular weight is 304 g/mol. The number of alkyl halides is 1. The Hall–Kier alpha value is -1.23. The lowest BCUT2D eigenvalue weighted by Crippen LogP contribution is -2.19. The number of Topliss-reactive ketones (excluding diaryl/α,β-unsaturated/α-hetero) is 1. The Balaban J connectivity index is 2.95. The molecule has 0 bridgehead atoms. The number of hydrogen-bond acceptors (Lipinski definition) is 5. The first-order chi connectivity index (χ1) is 9.48. The van der Waals surface area contributed by atoms with E-state index in [-0.39, 0.29) is 18.8 Å². The fourth-order valence-corrected chi connectivity index (χ4v) is 3.06. The first-order valence-electron chi connectivity index (χ1n) is 6.19. The van der Waals surface area contributed by atoms with Gasteiger partial charge in [-0.15, -0.1) is 0 Å². The molecule has 0 heterocycles. The van der Waals surface area contributed by atoms with E-state index in [0.717, 1.165) is 0 Å². The Bertz CT molecular complexity index is 478. The van der Waals surface area contributed by atoms with Gasteiger partial charge in [0.2, 0.25) is 5.78 Å². The maximum Gasteiger partial charge on any atom is 0.372 e. The average Bonchev–Trinajstić information content (AvgIpc) is 2.46. The summed E-state index contributed by atoms with van der Waals surface area (Å²) in [6.45, 7) is 3.09. The van der Waals surface area contributed by atoms with E-state index in [1.54, 1.807) is 13.8 Å². The summed E-state index contributed by atoms with van der Waals surface area (Å²) in [5.41, 5.74) is 0.0814. The van der Waals surface area contributed by atoms with Crippen molar-refractivity contribution in [3.63, 3.8) is 0 Å². The molecule has 5 nitrogen and oxygen atoms in total. The molecule has 20 heavy (non-hydrogen) atoms. The van der Waals surface area contributed by atoms with Crippen LogP contribution in [0, 0.1) is 0 Å². The first-order valence-corrected chi connectivity index (χ1v) is 7.80. The van der Waals surface area contributed by atoms with Gasteiger partial charge in [-0.25, -0.2) is 4.39 Å². The highest BCUT2D eigenvalue weighted by Gasteiger charge is 2.41. The third-order valence-electron chi connectivity index (χ3n) is 2.49. The summed E-state index contributed by atoms with van der Waals surface area (Å²) in [4.78, 5) is 12.0. The molecule has 0 spiro atoms. The number of ketones is 1. The molecule has 0 saturated carbocycles. The predicted octanol–water partition coefficient (Wildman–Crippen LogP) is 3.44. The molecule has 1 aromatic rings.